The summed E-state index contributed by atoms with van der Waals surface area (Å²) in [6.07, 6.45) is 1.33. The van der Waals surface area contributed by atoms with Gasteiger partial charge in [-0.15, -0.1) is 0 Å². The predicted octanol–water partition coefficient (Wildman–Crippen LogP) is 1.03. The van der Waals surface area contributed by atoms with Crippen LogP contribution in [-0.2, 0) is 4.79 Å². The van der Waals surface area contributed by atoms with Crippen molar-refractivity contribution in [1.82, 2.24) is 5.32 Å². The first-order chi connectivity index (χ1) is 7.20. The van der Waals surface area contributed by atoms with Gasteiger partial charge in [-0.05, 0) is 32.6 Å². The first-order valence-corrected chi connectivity index (χ1v) is 5.94. The maximum atomic E-state index is 11.4. The average molecular weight is 230 g/mol. The molecule has 0 saturated heterocycles. The zero-order valence-corrected chi connectivity index (χ0v) is 10.9. The fourth-order valence-electron chi connectivity index (χ4n) is 1.38. The standard InChI is InChI=1S/C12H26N2O2/c1-9(2)7-10(15)8-14-11(16)5-6-12(3,4)13/h9-10,15H,5-8,13H2,1-4H3,(H,14,16). The number of rotatable bonds is 7. The average Bonchev–Trinajstić information content (AvgIpc) is 2.09. The van der Waals surface area contributed by atoms with E-state index < -0.39 is 6.10 Å². The lowest BCUT2D eigenvalue weighted by atomic mass is 10.00. The van der Waals surface area contributed by atoms with Crippen LogP contribution in [-0.4, -0.2) is 29.2 Å². The summed E-state index contributed by atoms with van der Waals surface area (Å²) in [4.78, 5) is 11.4. The van der Waals surface area contributed by atoms with E-state index in [0.29, 0.717) is 31.7 Å². The Hall–Kier alpha value is -0.610. The van der Waals surface area contributed by atoms with Gasteiger partial charge in [-0.2, -0.15) is 0 Å². The van der Waals surface area contributed by atoms with Crippen molar-refractivity contribution in [3.05, 3.63) is 0 Å². The molecule has 1 unspecified atom stereocenters. The van der Waals surface area contributed by atoms with Crippen LogP contribution in [0.5, 0.6) is 0 Å². The fraction of sp³-hybridized carbons (Fsp3) is 0.917. The topological polar surface area (TPSA) is 75.3 Å². The molecule has 96 valence electrons. The summed E-state index contributed by atoms with van der Waals surface area (Å²) >= 11 is 0. The largest absolute Gasteiger partial charge is 0.391 e. The Morgan fingerprint density at radius 2 is 2.00 bits per heavy atom. The van der Waals surface area contributed by atoms with Gasteiger partial charge in [0.05, 0.1) is 6.10 Å². The minimum absolute atomic E-state index is 0.0404. The van der Waals surface area contributed by atoms with Crippen molar-refractivity contribution in [1.29, 1.82) is 0 Å². The molecule has 0 aromatic carbocycles. The van der Waals surface area contributed by atoms with Crippen LogP contribution >= 0.6 is 0 Å². The van der Waals surface area contributed by atoms with Crippen molar-refractivity contribution >= 4 is 5.91 Å². The van der Waals surface area contributed by atoms with Crippen LogP contribution in [0.4, 0.5) is 0 Å². The van der Waals surface area contributed by atoms with Crippen LogP contribution in [0.1, 0.15) is 47.0 Å². The summed E-state index contributed by atoms with van der Waals surface area (Å²) in [7, 11) is 0. The molecule has 4 nitrogen and oxygen atoms in total. The van der Waals surface area contributed by atoms with E-state index >= 15 is 0 Å². The number of amides is 1. The lowest BCUT2D eigenvalue weighted by Gasteiger charge is -2.18. The highest BCUT2D eigenvalue weighted by atomic mass is 16.3. The molecule has 0 fully saturated rings. The monoisotopic (exact) mass is 230 g/mol. The summed E-state index contributed by atoms with van der Waals surface area (Å²) < 4.78 is 0. The van der Waals surface area contributed by atoms with E-state index in [1.165, 1.54) is 0 Å². The highest BCUT2D eigenvalue weighted by Crippen LogP contribution is 2.07. The minimum atomic E-state index is -0.449. The quantitative estimate of drug-likeness (QED) is 0.611. The van der Waals surface area contributed by atoms with Crippen LogP contribution in [0, 0.1) is 5.92 Å². The first kappa shape index (κ1) is 15.4. The number of aliphatic hydroxyl groups excluding tert-OH is 1. The van der Waals surface area contributed by atoms with Crippen molar-refractivity contribution in [2.45, 2.75) is 58.6 Å². The Bertz CT molecular complexity index is 210. The number of carbonyl (C=O) groups is 1. The summed E-state index contributed by atoms with van der Waals surface area (Å²) in [6.45, 7) is 8.22. The van der Waals surface area contributed by atoms with Crippen molar-refractivity contribution in [3.63, 3.8) is 0 Å². The number of hydrogen-bond donors (Lipinski definition) is 3. The van der Waals surface area contributed by atoms with Gasteiger partial charge in [-0.3, -0.25) is 4.79 Å². The van der Waals surface area contributed by atoms with Gasteiger partial charge >= 0.3 is 0 Å². The fourth-order valence-corrected chi connectivity index (χ4v) is 1.38. The molecule has 0 aromatic heterocycles. The number of hydrogen-bond acceptors (Lipinski definition) is 3. The van der Waals surface area contributed by atoms with Gasteiger partial charge in [0.2, 0.25) is 5.91 Å². The van der Waals surface area contributed by atoms with E-state index in [-0.39, 0.29) is 11.4 Å². The highest BCUT2D eigenvalue weighted by Gasteiger charge is 2.14. The Balaban J connectivity index is 3.65. The lowest BCUT2D eigenvalue weighted by molar-refractivity contribution is -0.121. The molecular weight excluding hydrogens is 204 g/mol. The molecular formula is C12H26N2O2. The molecule has 0 saturated carbocycles. The van der Waals surface area contributed by atoms with Crippen molar-refractivity contribution < 1.29 is 9.90 Å². The summed E-state index contributed by atoms with van der Waals surface area (Å²) in [5.74, 6) is 0.399. The minimum Gasteiger partial charge on any atom is -0.391 e. The van der Waals surface area contributed by atoms with Gasteiger partial charge < -0.3 is 16.2 Å². The number of aliphatic hydroxyl groups is 1. The van der Waals surface area contributed by atoms with Gasteiger partial charge in [0.25, 0.3) is 0 Å². The summed E-state index contributed by atoms with van der Waals surface area (Å²) in [5, 5.41) is 12.3. The number of nitrogens with two attached hydrogens (primary N) is 1. The zero-order valence-electron chi connectivity index (χ0n) is 10.9. The highest BCUT2D eigenvalue weighted by molar-refractivity contribution is 5.75. The SMILES string of the molecule is CC(C)CC(O)CNC(=O)CCC(C)(C)N. The molecule has 4 N–H and O–H groups in total. The number of carbonyl (C=O) groups excluding carboxylic acids is 1. The van der Waals surface area contributed by atoms with Crippen LogP contribution in [0.3, 0.4) is 0 Å². The molecule has 0 aromatic rings. The van der Waals surface area contributed by atoms with Gasteiger partial charge in [-0.25, -0.2) is 0 Å². The Labute approximate surface area is 98.6 Å². The van der Waals surface area contributed by atoms with Crippen LogP contribution in [0.25, 0.3) is 0 Å². The van der Waals surface area contributed by atoms with Crippen LogP contribution in [0.2, 0.25) is 0 Å². The van der Waals surface area contributed by atoms with Gasteiger partial charge in [0, 0.05) is 18.5 Å². The normalized spacial score (nSPS) is 13.9. The van der Waals surface area contributed by atoms with E-state index in [1.54, 1.807) is 0 Å². The second kappa shape index (κ2) is 6.86. The molecule has 4 heteroatoms. The molecule has 0 aliphatic carbocycles. The van der Waals surface area contributed by atoms with Gasteiger partial charge in [0.1, 0.15) is 0 Å². The smallest absolute Gasteiger partial charge is 0.220 e. The molecule has 0 heterocycles. The third-order valence-corrected chi connectivity index (χ3v) is 2.27. The van der Waals surface area contributed by atoms with E-state index in [0.717, 1.165) is 0 Å². The first-order valence-electron chi connectivity index (χ1n) is 5.94. The summed E-state index contributed by atoms with van der Waals surface area (Å²) in [6, 6.07) is 0. The molecule has 0 rings (SSSR count). The van der Waals surface area contributed by atoms with Crippen molar-refractivity contribution in [2.24, 2.45) is 11.7 Å². The molecule has 1 amide bonds. The summed E-state index contributed by atoms with van der Waals surface area (Å²) in [5.41, 5.74) is 5.46. The molecule has 16 heavy (non-hydrogen) atoms. The molecule has 0 bridgehead atoms. The third-order valence-electron chi connectivity index (χ3n) is 2.27. The van der Waals surface area contributed by atoms with Crippen LogP contribution in [0.15, 0.2) is 0 Å². The van der Waals surface area contributed by atoms with E-state index in [9.17, 15) is 9.90 Å². The maximum absolute atomic E-state index is 11.4. The van der Waals surface area contributed by atoms with E-state index in [4.69, 9.17) is 5.73 Å². The maximum Gasteiger partial charge on any atom is 0.220 e. The second-order valence-corrected chi connectivity index (χ2v) is 5.58. The van der Waals surface area contributed by atoms with E-state index in [1.807, 2.05) is 27.7 Å². The molecule has 0 spiro atoms. The Morgan fingerprint density at radius 1 is 1.44 bits per heavy atom. The zero-order chi connectivity index (χ0) is 12.8. The van der Waals surface area contributed by atoms with Gasteiger partial charge in [-0.1, -0.05) is 13.8 Å². The molecule has 1 atom stereocenters. The van der Waals surface area contributed by atoms with Gasteiger partial charge in [0.15, 0.2) is 0 Å². The molecule has 0 radical (unpaired) electrons. The Morgan fingerprint density at radius 3 is 2.44 bits per heavy atom. The van der Waals surface area contributed by atoms with Crippen molar-refractivity contribution in [3.8, 4) is 0 Å². The molecule has 0 aliphatic rings. The Kier molecular flexibility index (Phi) is 6.60. The number of nitrogens with one attached hydrogen (secondary N) is 1. The van der Waals surface area contributed by atoms with Crippen molar-refractivity contribution in [2.75, 3.05) is 6.54 Å². The predicted molar refractivity (Wildman–Crippen MR) is 66.0 cm³/mol. The third kappa shape index (κ3) is 9.93. The lowest BCUT2D eigenvalue weighted by Crippen LogP contribution is -2.36. The van der Waals surface area contributed by atoms with E-state index in [2.05, 4.69) is 5.32 Å². The second-order valence-electron chi connectivity index (χ2n) is 5.58. The van der Waals surface area contributed by atoms with Crippen LogP contribution < -0.4 is 11.1 Å². The molecule has 0 aliphatic heterocycles.